The molecule has 0 aliphatic carbocycles. The number of aliphatic hydroxyl groups is 2. The lowest BCUT2D eigenvalue weighted by molar-refractivity contribution is 0.302. The number of allylic oxidation sites excluding steroid dienone is 4. The van der Waals surface area contributed by atoms with Crippen molar-refractivity contribution in [3.8, 4) is 0 Å². The van der Waals surface area contributed by atoms with E-state index in [2.05, 4.69) is 25.7 Å². The van der Waals surface area contributed by atoms with Crippen molar-refractivity contribution in [2.24, 2.45) is 0 Å². The number of hydrogen-bond acceptors (Lipinski definition) is 3. The van der Waals surface area contributed by atoms with E-state index in [0.29, 0.717) is 12.0 Å². The highest BCUT2D eigenvalue weighted by atomic mass is 16.3. The first-order valence-corrected chi connectivity index (χ1v) is 6.82. The molecule has 0 heterocycles. The van der Waals surface area contributed by atoms with Crippen LogP contribution in [0.5, 0.6) is 0 Å². The van der Waals surface area contributed by atoms with Crippen LogP contribution in [0.2, 0.25) is 0 Å². The first-order valence-electron chi connectivity index (χ1n) is 6.82. The van der Waals surface area contributed by atoms with Crippen molar-refractivity contribution in [1.29, 1.82) is 0 Å². The van der Waals surface area contributed by atoms with Crippen LogP contribution in [0.3, 0.4) is 0 Å². The van der Waals surface area contributed by atoms with Gasteiger partial charge < -0.3 is 15.5 Å². The standard InChI is InChI=1S/C16H29NO2/c1-8-16(6,17-7)10-9-14(18)13(5)15(19)12(4)11(2)3/h17-19H,2,8-10H2,1,3-7H3/b14-13-,15-12+. The van der Waals surface area contributed by atoms with Crippen molar-refractivity contribution in [3.05, 3.63) is 34.8 Å². The molecule has 0 bridgehead atoms. The molecule has 0 rings (SSSR count). The Balaban J connectivity index is 4.99. The summed E-state index contributed by atoms with van der Waals surface area (Å²) in [6.07, 6.45) is 2.36. The van der Waals surface area contributed by atoms with Crippen LogP contribution in [0.1, 0.15) is 53.9 Å². The summed E-state index contributed by atoms with van der Waals surface area (Å²) in [6, 6.07) is 0. The molecule has 0 aromatic carbocycles. The van der Waals surface area contributed by atoms with Gasteiger partial charge in [0.2, 0.25) is 0 Å². The highest BCUT2D eigenvalue weighted by molar-refractivity contribution is 5.37. The predicted molar refractivity (Wildman–Crippen MR) is 82.5 cm³/mol. The molecule has 1 unspecified atom stereocenters. The van der Waals surface area contributed by atoms with Crippen LogP contribution in [0.4, 0.5) is 0 Å². The van der Waals surface area contributed by atoms with Crippen molar-refractivity contribution >= 4 is 0 Å². The SMILES string of the molecule is C=C(C)/C(C)=C(O)\C(C)=C(/O)CCC(C)(CC)NC. The lowest BCUT2D eigenvalue weighted by Crippen LogP contribution is -2.38. The predicted octanol–water partition coefficient (Wildman–Crippen LogP) is 4.39. The zero-order valence-corrected chi connectivity index (χ0v) is 13.2. The average molecular weight is 267 g/mol. The van der Waals surface area contributed by atoms with Gasteiger partial charge in [-0.3, -0.25) is 0 Å². The van der Waals surface area contributed by atoms with Crippen LogP contribution in [-0.2, 0) is 0 Å². The lowest BCUT2D eigenvalue weighted by Gasteiger charge is -2.27. The maximum Gasteiger partial charge on any atom is 0.124 e. The fraction of sp³-hybridized carbons (Fsp3) is 0.625. The Labute approximate surface area is 117 Å². The van der Waals surface area contributed by atoms with Gasteiger partial charge in [-0.25, -0.2) is 0 Å². The van der Waals surface area contributed by atoms with Gasteiger partial charge in [0, 0.05) is 17.5 Å². The normalized spacial score (nSPS) is 17.4. The number of aliphatic hydroxyl groups excluding tert-OH is 2. The zero-order valence-electron chi connectivity index (χ0n) is 13.2. The molecule has 3 N–H and O–H groups in total. The summed E-state index contributed by atoms with van der Waals surface area (Å²) in [4.78, 5) is 0. The molecule has 0 aromatic heterocycles. The smallest absolute Gasteiger partial charge is 0.124 e. The summed E-state index contributed by atoms with van der Waals surface area (Å²) in [7, 11) is 1.93. The summed E-state index contributed by atoms with van der Waals surface area (Å²) < 4.78 is 0. The molecule has 1 atom stereocenters. The van der Waals surface area contributed by atoms with E-state index in [4.69, 9.17) is 0 Å². The van der Waals surface area contributed by atoms with Crippen LogP contribution in [0.25, 0.3) is 0 Å². The Morgan fingerprint density at radius 1 is 1.16 bits per heavy atom. The van der Waals surface area contributed by atoms with Crippen LogP contribution < -0.4 is 5.32 Å². The molecular weight excluding hydrogens is 238 g/mol. The summed E-state index contributed by atoms with van der Waals surface area (Å²) in [5, 5.41) is 23.4. The highest BCUT2D eigenvalue weighted by Gasteiger charge is 2.20. The van der Waals surface area contributed by atoms with E-state index in [1.165, 1.54) is 0 Å². The second-order valence-corrected chi connectivity index (χ2v) is 5.49. The maximum absolute atomic E-state index is 10.1. The first-order chi connectivity index (χ1) is 8.68. The Morgan fingerprint density at radius 3 is 2.05 bits per heavy atom. The van der Waals surface area contributed by atoms with Crippen molar-refractivity contribution in [1.82, 2.24) is 5.32 Å². The maximum atomic E-state index is 10.1. The molecule has 0 saturated heterocycles. The van der Waals surface area contributed by atoms with Gasteiger partial charge in [-0.1, -0.05) is 19.1 Å². The average Bonchev–Trinajstić information content (AvgIpc) is 2.41. The van der Waals surface area contributed by atoms with Crippen LogP contribution in [0, 0.1) is 0 Å². The first kappa shape index (κ1) is 17.8. The van der Waals surface area contributed by atoms with Gasteiger partial charge in [0.15, 0.2) is 0 Å². The van der Waals surface area contributed by atoms with Gasteiger partial charge in [0.1, 0.15) is 5.76 Å². The van der Waals surface area contributed by atoms with Gasteiger partial charge >= 0.3 is 0 Å². The van der Waals surface area contributed by atoms with Gasteiger partial charge in [-0.15, -0.1) is 0 Å². The summed E-state index contributed by atoms with van der Waals surface area (Å²) in [5.41, 5.74) is 2.07. The summed E-state index contributed by atoms with van der Waals surface area (Å²) in [6.45, 7) is 13.4. The summed E-state index contributed by atoms with van der Waals surface area (Å²) >= 11 is 0. The third-order valence-electron chi connectivity index (χ3n) is 4.08. The number of hydrogen-bond donors (Lipinski definition) is 3. The molecule has 3 nitrogen and oxygen atoms in total. The molecule has 0 aliphatic heterocycles. The van der Waals surface area contributed by atoms with Gasteiger partial charge in [0.05, 0.1) is 5.76 Å². The van der Waals surface area contributed by atoms with E-state index < -0.39 is 0 Å². The van der Waals surface area contributed by atoms with Gasteiger partial charge in [-0.2, -0.15) is 0 Å². The second kappa shape index (κ2) is 7.39. The Morgan fingerprint density at radius 2 is 1.68 bits per heavy atom. The van der Waals surface area contributed by atoms with E-state index >= 15 is 0 Å². The molecule has 3 heteroatoms. The molecular formula is C16H29NO2. The fourth-order valence-corrected chi connectivity index (χ4v) is 1.68. The molecule has 0 aromatic rings. The minimum Gasteiger partial charge on any atom is -0.512 e. The highest BCUT2D eigenvalue weighted by Crippen LogP contribution is 2.24. The van der Waals surface area contributed by atoms with Crippen LogP contribution in [-0.4, -0.2) is 22.8 Å². The minimum absolute atomic E-state index is 0.0109. The molecule has 0 amide bonds. The second-order valence-electron chi connectivity index (χ2n) is 5.49. The van der Waals surface area contributed by atoms with Gasteiger partial charge in [0.25, 0.3) is 0 Å². The monoisotopic (exact) mass is 267 g/mol. The quantitative estimate of drug-likeness (QED) is 0.473. The lowest BCUT2D eigenvalue weighted by atomic mass is 9.91. The third-order valence-corrected chi connectivity index (χ3v) is 4.08. The molecule has 0 spiro atoms. The van der Waals surface area contributed by atoms with E-state index in [1.807, 2.05) is 14.0 Å². The Bertz CT molecular complexity index is 388. The fourth-order valence-electron chi connectivity index (χ4n) is 1.68. The van der Waals surface area contributed by atoms with E-state index in [9.17, 15) is 10.2 Å². The van der Waals surface area contributed by atoms with Crippen molar-refractivity contribution in [2.75, 3.05) is 7.05 Å². The van der Waals surface area contributed by atoms with E-state index in [1.54, 1.807) is 13.8 Å². The van der Waals surface area contributed by atoms with Crippen LogP contribution >= 0.6 is 0 Å². The molecule has 0 aliphatic rings. The zero-order chi connectivity index (χ0) is 15.2. The summed E-state index contributed by atoms with van der Waals surface area (Å²) in [5.74, 6) is 0.376. The topological polar surface area (TPSA) is 52.5 Å². The Kier molecular flexibility index (Phi) is 6.91. The van der Waals surface area contributed by atoms with Gasteiger partial charge in [-0.05, 0) is 53.2 Å². The van der Waals surface area contributed by atoms with E-state index in [-0.39, 0.29) is 17.1 Å². The van der Waals surface area contributed by atoms with Crippen molar-refractivity contribution < 1.29 is 10.2 Å². The number of nitrogens with one attached hydrogen (secondary N) is 1. The molecule has 0 fully saturated rings. The Hall–Kier alpha value is -1.22. The minimum atomic E-state index is 0.0109. The van der Waals surface area contributed by atoms with Crippen LogP contribution in [0.15, 0.2) is 34.8 Å². The number of rotatable bonds is 7. The van der Waals surface area contributed by atoms with E-state index in [0.717, 1.165) is 24.0 Å². The molecule has 110 valence electrons. The molecule has 0 saturated carbocycles. The van der Waals surface area contributed by atoms with Crippen molar-refractivity contribution in [3.63, 3.8) is 0 Å². The largest absolute Gasteiger partial charge is 0.512 e. The molecule has 19 heavy (non-hydrogen) atoms. The molecule has 0 radical (unpaired) electrons. The third kappa shape index (κ3) is 5.11. The van der Waals surface area contributed by atoms with Crippen molar-refractivity contribution in [2.45, 2.75) is 59.4 Å².